The molecular weight excluding hydrogens is 176 g/mol. The molecule has 1 N–H and O–H groups in total. The third-order valence-electron chi connectivity index (χ3n) is 2.63. The molecule has 0 unspecified atom stereocenters. The van der Waals surface area contributed by atoms with Gasteiger partial charge < -0.3 is 14.8 Å². The fraction of sp³-hybridized carbons (Fsp3) is 0.333. The van der Waals surface area contributed by atoms with Gasteiger partial charge in [0, 0.05) is 18.8 Å². The van der Waals surface area contributed by atoms with E-state index in [9.17, 15) is 0 Å². The Labute approximate surface area is 84.3 Å². The predicted octanol–water partition coefficient (Wildman–Crippen LogP) is -0.913. The fourth-order valence-corrected chi connectivity index (χ4v) is 2.01. The molecule has 2 heterocycles. The van der Waals surface area contributed by atoms with Crippen molar-refractivity contribution in [3.05, 3.63) is 6.07 Å². The van der Waals surface area contributed by atoms with Crippen molar-refractivity contribution in [3.8, 4) is 11.5 Å². The second-order valence-electron chi connectivity index (χ2n) is 3.36. The molecule has 68 valence electrons. The summed E-state index contributed by atoms with van der Waals surface area (Å²) < 4.78 is 11.0. The highest BCUT2D eigenvalue weighted by Crippen LogP contribution is 2.25. The molecule has 0 amide bonds. The Morgan fingerprint density at radius 1 is 1.14 bits per heavy atom. The number of hydrogen-bond donors (Lipinski definition) is 1. The van der Waals surface area contributed by atoms with Crippen LogP contribution in [0.2, 0.25) is 0 Å². The van der Waals surface area contributed by atoms with Crippen LogP contribution in [-0.2, 0) is 0 Å². The van der Waals surface area contributed by atoms with Gasteiger partial charge in [0.25, 0.3) is 0 Å². The largest absolute Gasteiger partial charge is 0.503 e. The summed E-state index contributed by atoms with van der Waals surface area (Å²) in [5.74, 6) is 1.84. The summed E-state index contributed by atoms with van der Waals surface area (Å²) >= 11 is 0. The van der Waals surface area contributed by atoms with Crippen LogP contribution < -0.4 is 25.7 Å². The van der Waals surface area contributed by atoms with Gasteiger partial charge in [0.1, 0.15) is 11.5 Å². The number of ether oxygens (including phenoxy) is 2. The molecule has 14 heavy (non-hydrogen) atoms. The molecular formula is C9H9B2NO2. The maximum atomic E-state index is 5.48. The van der Waals surface area contributed by atoms with E-state index in [1.807, 2.05) is 13.1 Å². The van der Waals surface area contributed by atoms with Crippen LogP contribution in [0.25, 0.3) is 0 Å². The highest BCUT2D eigenvalue weighted by atomic mass is 16.5. The molecule has 3 rings (SSSR count). The van der Waals surface area contributed by atoms with Gasteiger partial charge in [-0.3, -0.25) is 0 Å². The Hall–Kier alpha value is -1.25. The number of anilines is 1. The first kappa shape index (κ1) is 8.09. The van der Waals surface area contributed by atoms with Gasteiger partial charge in [0.2, 0.25) is 14.6 Å². The van der Waals surface area contributed by atoms with Crippen LogP contribution in [0.15, 0.2) is 6.07 Å². The van der Waals surface area contributed by atoms with Crippen molar-refractivity contribution in [2.45, 2.75) is 0 Å². The maximum absolute atomic E-state index is 5.48. The SMILES string of the molecule is CNc1c2c(cc3c1[B]CO3)OC[B]2. The molecule has 0 bridgehead atoms. The summed E-state index contributed by atoms with van der Waals surface area (Å²) in [5.41, 5.74) is 3.44. The molecule has 1 aromatic rings. The zero-order chi connectivity index (χ0) is 9.54. The molecule has 2 aliphatic rings. The van der Waals surface area contributed by atoms with Gasteiger partial charge in [-0.15, -0.1) is 0 Å². The van der Waals surface area contributed by atoms with Crippen LogP contribution in [0.3, 0.4) is 0 Å². The predicted molar refractivity (Wildman–Crippen MR) is 57.8 cm³/mol. The summed E-state index contributed by atoms with van der Waals surface area (Å²) in [6.07, 6.45) is 0. The molecule has 3 nitrogen and oxygen atoms in total. The van der Waals surface area contributed by atoms with Gasteiger partial charge >= 0.3 is 0 Å². The molecule has 0 aliphatic carbocycles. The number of nitrogens with one attached hydrogen (secondary N) is 1. The Bertz CT molecular complexity index is 363. The first-order valence-corrected chi connectivity index (χ1v) is 4.71. The molecule has 0 saturated carbocycles. The maximum Gasteiger partial charge on any atom is 0.209 e. The number of benzene rings is 1. The third-order valence-corrected chi connectivity index (χ3v) is 2.63. The van der Waals surface area contributed by atoms with Gasteiger partial charge in [-0.05, 0) is 10.9 Å². The average Bonchev–Trinajstić information content (AvgIpc) is 2.80. The van der Waals surface area contributed by atoms with E-state index in [0.29, 0.717) is 13.0 Å². The minimum atomic E-state index is 0.660. The van der Waals surface area contributed by atoms with Crippen molar-refractivity contribution in [3.63, 3.8) is 0 Å². The lowest BCUT2D eigenvalue weighted by atomic mass is 9.65. The number of hydrogen-bond acceptors (Lipinski definition) is 3. The van der Waals surface area contributed by atoms with E-state index < -0.39 is 0 Å². The second kappa shape index (κ2) is 2.87. The Kier molecular flexibility index (Phi) is 1.66. The Balaban J connectivity index is 2.24. The smallest absolute Gasteiger partial charge is 0.209 e. The lowest BCUT2D eigenvalue weighted by Crippen LogP contribution is -2.26. The van der Waals surface area contributed by atoms with E-state index in [4.69, 9.17) is 9.47 Å². The van der Waals surface area contributed by atoms with Crippen LogP contribution in [0.4, 0.5) is 5.69 Å². The Morgan fingerprint density at radius 3 is 2.21 bits per heavy atom. The van der Waals surface area contributed by atoms with E-state index in [1.54, 1.807) is 0 Å². The Morgan fingerprint density at radius 2 is 1.71 bits per heavy atom. The van der Waals surface area contributed by atoms with E-state index in [0.717, 1.165) is 28.1 Å². The van der Waals surface area contributed by atoms with Crippen molar-refractivity contribution >= 4 is 31.2 Å². The minimum Gasteiger partial charge on any atom is -0.503 e. The minimum absolute atomic E-state index is 0.660. The number of fused-ring (bicyclic) bond motifs is 2. The first-order valence-electron chi connectivity index (χ1n) is 4.71. The topological polar surface area (TPSA) is 30.5 Å². The molecule has 0 atom stereocenters. The van der Waals surface area contributed by atoms with Crippen molar-refractivity contribution in [1.82, 2.24) is 0 Å². The van der Waals surface area contributed by atoms with Crippen molar-refractivity contribution < 1.29 is 9.47 Å². The van der Waals surface area contributed by atoms with E-state index in [2.05, 4.69) is 19.9 Å². The fourth-order valence-electron chi connectivity index (χ4n) is 2.01. The molecule has 2 radical (unpaired) electrons. The van der Waals surface area contributed by atoms with Crippen molar-refractivity contribution in [2.75, 3.05) is 25.4 Å². The summed E-state index contributed by atoms with van der Waals surface area (Å²) in [7, 11) is 6.11. The summed E-state index contributed by atoms with van der Waals surface area (Å²) in [6, 6.07) is 1.97. The summed E-state index contributed by atoms with van der Waals surface area (Å²) in [4.78, 5) is 0. The lowest BCUT2D eigenvalue weighted by Gasteiger charge is -2.12. The summed E-state index contributed by atoms with van der Waals surface area (Å²) in [5, 5.41) is 3.21. The van der Waals surface area contributed by atoms with Crippen LogP contribution in [0.5, 0.6) is 11.5 Å². The molecule has 0 saturated heterocycles. The molecule has 0 fully saturated rings. The van der Waals surface area contributed by atoms with E-state index in [-0.39, 0.29) is 0 Å². The molecule has 5 heteroatoms. The quantitative estimate of drug-likeness (QED) is 0.574. The number of rotatable bonds is 1. The second-order valence-corrected chi connectivity index (χ2v) is 3.36. The molecule has 0 spiro atoms. The molecule has 0 aromatic heterocycles. The van der Waals surface area contributed by atoms with Gasteiger partial charge in [-0.25, -0.2) is 0 Å². The summed E-state index contributed by atoms with van der Waals surface area (Å²) in [6.45, 7) is 1.32. The molecule has 2 aliphatic heterocycles. The zero-order valence-electron chi connectivity index (χ0n) is 7.96. The van der Waals surface area contributed by atoms with Gasteiger partial charge in [-0.1, -0.05) is 0 Å². The molecule has 1 aromatic carbocycles. The van der Waals surface area contributed by atoms with Crippen molar-refractivity contribution in [2.24, 2.45) is 0 Å². The average molecular weight is 185 g/mol. The van der Waals surface area contributed by atoms with Crippen LogP contribution >= 0.6 is 0 Å². The van der Waals surface area contributed by atoms with Gasteiger partial charge in [-0.2, -0.15) is 0 Å². The zero-order valence-corrected chi connectivity index (χ0v) is 7.96. The van der Waals surface area contributed by atoms with Crippen molar-refractivity contribution in [1.29, 1.82) is 0 Å². The normalized spacial score (nSPS) is 15.8. The first-order chi connectivity index (χ1) is 6.90. The monoisotopic (exact) mass is 185 g/mol. The van der Waals surface area contributed by atoms with Gasteiger partial charge in [0.05, 0.1) is 13.0 Å². The van der Waals surface area contributed by atoms with Crippen LogP contribution in [-0.4, -0.2) is 34.6 Å². The van der Waals surface area contributed by atoms with Crippen LogP contribution in [0, 0.1) is 0 Å². The highest BCUT2D eigenvalue weighted by Gasteiger charge is 2.26. The van der Waals surface area contributed by atoms with E-state index >= 15 is 0 Å². The standard InChI is InChI=1S/C9H9B2NO2/c1-12-9-7-5(13-3-10-7)2-6-8(9)11-4-14-6/h2,12H,3-4H2,1H3. The van der Waals surface area contributed by atoms with Gasteiger partial charge in [0.15, 0.2) is 0 Å². The van der Waals surface area contributed by atoms with E-state index in [1.165, 1.54) is 0 Å². The lowest BCUT2D eigenvalue weighted by molar-refractivity contribution is 0.382. The highest BCUT2D eigenvalue weighted by molar-refractivity contribution is 6.64. The van der Waals surface area contributed by atoms with Crippen LogP contribution in [0.1, 0.15) is 0 Å². The third kappa shape index (κ3) is 0.953.